The summed E-state index contributed by atoms with van der Waals surface area (Å²) in [6, 6.07) is -0.151. The normalized spacial score (nSPS) is 13.5. The van der Waals surface area contributed by atoms with Crippen LogP contribution in [0.3, 0.4) is 0 Å². The number of nitrogens with two attached hydrogens (primary N) is 1. The minimum atomic E-state index is -0.256. The van der Waals surface area contributed by atoms with Gasteiger partial charge in [0.15, 0.2) is 0 Å². The quantitative estimate of drug-likeness (QED) is 0.649. The number of rotatable bonds is 5. The monoisotopic (exact) mass is 176 g/mol. The molecule has 3 nitrogen and oxygen atoms in total. The molecular formula is C7H16N2OS. The van der Waals surface area contributed by atoms with Crippen molar-refractivity contribution >= 4 is 17.7 Å². The lowest BCUT2D eigenvalue weighted by Gasteiger charge is -2.20. The second kappa shape index (κ2) is 5.43. The molecule has 0 aliphatic heterocycles. The van der Waals surface area contributed by atoms with Crippen LogP contribution in [-0.4, -0.2) is 42.4 Å². The zero-order chi connectivity index (χ0) is 8.85. The van der Waals surface area contributed by atoms with Gasteiger partial charge in [-0.1, -0.05) is 0 Å². The number of amides is 1. The van der Waals surface area contributed by atoms with Crippen LogP contribution < -0.4 is 5.73 Å². The van der Waals surface area contributed by atoms with Crippen molar-refractivity contribution in [2.75, 3.05) is 25.6 Å². The fraction of sp³-hybridized carbons (Fsp3) is 0.857. The maximum atomic E-state index is 10.7. The van der Waals surface area contributed by atoms with Crippen LogP contribution in [0.5, 0.6) is 0 Å². The van der Waals surface area contributed by atoms with Gasteiger partial charge in [-0.15, -0.1) is 0 Å². The molecule has 0 heterocycles. The molecule has 0 aromatic carbocycles. The molecule has 0 saturated heterocycles. The van der Waals surface area contributed by atoms with Gasteiger partial charge in [0.25, 0.3) is 0 Å². The lowest BCUT2D eigenvalue weighted by atomic mass is 10.3. The molecule has 0 saturated carbocycles. The first-order valence-electron chi connectivity index (χ1n) is 3.58. The Bertz CT molecular complexity index is 130. The Morgan fingerprint density at radius 1 is 1.73 bits per heavy atom. The van der Waals surface area contributed by atoms with E-state index in [4.69, 9.17) is 5.73 Å². The lowest BCUT2D eigenvalue weighted by molar-refractivity contribution is -0.122. The Morgan fingerprint density at radius 3 is 2.64 bits per heavy atom. The van der Waals surface area contributed by atoms with Crippen LogP contribution in [0.25, 0.3) is 0 Å². The van der Waals surface area contributed by atoms with Crippen LogP contribution in [0, 0.1) is 0 Å². The highest BCUT2D eigenvalue weighted by atomic mass is 32.2. The van der Waals surface area contributed by atoms with Crippen molar-refractivity contribution in [1.29, 1.82) is 0 Å². The molecule has 11 heavy (non-hydrogen) atoms. The van der Waals surface area contributed by atoms with Gasteiger partial charge >= 0.3 is 0 Å². The van der Waals surface area contributed by atoms with E-state index in [2.05, 4.69) is 0 Å². The standard InChI is InChI=1S/C7H16N2OS/c1-6(7(8)10)9(2)4-5-11-3/h6H,4-5H2,1-3H3,(H2,8,10). The third-order valence-corrected chi connectivity index (χ3v) is 2.31. The summed E-state index contributed by atoms with van der Waals surface area (Å²) in [6.07, 6.45) is 2.04. The third-order valence-electron chi connectivity index (χ3n) is 1.72. The number of hydrogen-bond acceptors (Lipinski definition) is 3. The smallest absolute Gasteiger partial charge is 0.234 e. The molecule has 1 atom stereocenters. The molecule has 0 spiro atoms. The van der Waals surface area contributed by atoms with E-state index in [9.17, 15) is 4.79 Å². The Labute approximate surface area is 72.3 Å². The highest BCUT2D eigenvalue weighted by Gasteiger charge is 2.13. The number of primary amides is 1. The van der Waals surface area contributed by atoms with Gasteiger partial charge < -0.3 is 5.73 Å². The zero-order valence-corrected chi connectivity index (χ0v) is 8.15. The number of carbonyl (C=O) groups is 1. The number of likely N-dealkylation sites (N-methyl/N-ethyl adjacent to an activating group) is 1. The molecular weight excluding hydrogens is 160 g/mol. The van der Waals surface area contributed by atoms with Crippen molar-refractivity contribution in [1.82, 2.24) is 4.90 Å². The van der Waals surface area contributed by atoms with Crippen molar-refractivity contribution in [2.24, 2.45) is 5.73 Å². The predicted octanol–water partition coefficient (Wildman–Crippen LogP) is 0.155. The first-order chi connectivity index (χ1) is 5.09. The van der Waals surface area contributed by atoms with E-state index in [0.29, 0.717) is 0 Å². The van der Waals surface area contributed by atoms with Crippen molar-refractivity contribution < 1.29 is 4.79 Å². The number of hydrogen-bond donors (Lipinski definition) is 1. The fourth-order valence-corrected chi connectivity index (χ4v) is 1.12. The van der Waals surface area contributed by atoms with Gasteiger partial charge in [-0.3, -0.25) is 9.69 Å². The highest BCUT2D eigenvalue weighted by Crippen LogP contribution is 1.97. The molecule has 0 rings (SSSR count). The molecule has 0 aromatic rings. The van der Waals surface area contributed by atoms with Gasteiger partial charge in [0.05, 0.1) is 6.04 Å². The van der Waals surface area contributed by atoms with Crippen molar-refractivity contribution in [3.8, 4) is 0 Å². The molecule has 0 aromatic heterocycles. The van der Waals surface area contributed by atoms with Gasteiger partial charge in [0.2, 0.25) is 5.91 Å². The van der Waals surface area contributed by atoms with E-state index in [-0.39, 0.29) is 11.9 Å². The minimum absolute atomic E-state index is 0.151. The fourth-order valence-electron chi connectivity index (χ4n) is 0.646. The number of thioether (sulfide) groups is 1. The molecule has 4 heteroatoms. The van der Waals surface area contributed by atoms with Gasteiger partial charge in [-0.2, -0.15) is 11.8 Å². The average molecular weight is 176 g/mol. The molecule has 0 aliphatic rings. The summed E-state index contributed by atoms with van der Waals surface area (Å²) in [7, 11) is 1.91. The molecule has 0 fully saturated rings. The van der Waals surface area contributed by atoms with E-state index in [1.807, 2.05) is 25.1 Å². The maximum Gasteiger partial charge on any atom is 0.234 e. The summed E-state index contributed by atoms with van der Waals surface area (Å²) in [5, 5.41) is 0. The van der Waals surface area contributed by atoms with E-state index in [0.717, 1.165) is 12.3 Å². The lowest BCUT2D eigenvalue weighted by Crippen LogP contribution is -2.41. The predicted molar refractivity (Wildman–Crippen MR) is 49.7 cm³/mol. The van der Waals surface area contributed by atoms with Crippen molar-refractivity contribution in [3.05, 3.63) is 0 Å². The number of carbonyl (C=O) groups excluding carboxylic acids is 1. The van der Waals surface area contributed by atoms with E-state index in [1.165, 1.54) is 0 Å². The first-order valence-corrected chi connectivity index (χ1v) is 4.97. The summed E-state index contributed by atoms with van der Waals surface area (Å²) in [5.74, 6) is 0.780. The topological polar surface area (TPSA) is 46.3 Å². The van der Waals surface area contributed by atoms with E-state index < -0.39 is 0 Å². The summed E-state index contributed by atoms with van der Waals surface area (Å²) >= 11 is 1.77. The van der Waals surface area contributed by atoms with Crippen LogP contribution in [0.1, 0.15) is 6.92 Å². The minimum Gasteiger partial charge on any atom is -0.368 e. The Kier molecular flexibility index (Phi) is 5.32. The van der Waals surface area contributed by atoms with Gasteiger partial charge in [0.1, 0.15) is 0 Å². The second-order valence-corrected chi connectivity index (χ2v) is 3.54. The van der Waals surface area contributed by atoms with Crippen molar-refractivity contribution in [2.45, 2.75) is 13.0 Å². The second-order valence-electron chi connectivity index (χ2n) is 2.55. The average Bonchev–Trinajstić information content (AvgIpc) is 1.98. The van der Waals surface area contributed by atoms with Crippen LogP contribution in [0.4, 0.5) is 0 Å². The summed E-state index contributed by atoms with van der Waals surface area (Å²) in [4.78, 5) is 12.6. The van der Waals surface area contributed by atoms with Gasteiger partial charge in [0, 0.05) is 12.3 Å². The molecule has 66 valence electrons. The molecule has 0 bridgehead atoms. The van der Waals surface area contributed by atoms with Crippen LogP contribution in [0.15, 0.2) is 0 Å². The van der Waals surface area contributed by atoms with Gasteiger partial charge in [-0.25, -0.2) is 0 Å². The zero-order valence-electron chi connectivity index (χ0n) is 7.33. The van der Waals surface area contributed by atoms with E-state index in [1.54, 1.807) is 11.8 Å². The summed E-state index contributed by atoms with van der Waals surface area (Å²) in [6.45, 7) is 2.73. The molecule has 1 unspecified atom stereocenters. The Morgan fingerprint density at radius 2 is 2.27 bits per heavy atom. The Hall–Kier alpha value is -0.220. The molecule has 2 N–H and O–H groups in total. The van der Waals surface area contributed by atoms with Gasteiger partial charge in [-0.05, 0) is 20.2 Å². The highest BCUT2D eigenvalue weighted by molar-refractivity contribution is 7.98. The Balaban J connectivity index is 3.63. The SMILES string of the molecule is CSCCN(C)C(C)C(N)=O. The van der Waals surface area contributed by atoms with Crippen LogP contribution in [0.2, 0.25) is 0 Å². The molecule has 1 amide bonds. The largest absolute Gasteiger partial charge is 0.368 e. The van der Waals surface area contributed by atoms with Crippen LogP contribution >= 0.6 is 11.8 Å². The summed E-state index contributed by atoms with van der Waals surface area (Å²) in [5.41, 5.74) is 5.12. The summed E-state index contributed by atoms with van der Waals surface area (Å²) < 4.78 is 0. The molecule has 0 aliphatic carbocycles. The maximum absolute atomic E-state index is 10.7. The number of nitrogens with zero attached hydrogens (tertiary/aromatic N) is 1. The van der Waals surface area contributed by atoms with E-state index >= 15 is 0 Å². The third kappa shape index (κ3) is 4.27. The van der Waals surface area contributed by atoms with Crippen molar-refractivity contribution in [3.63, 3.8) is 0 Å². The molecule has 0 radical (unpaired) electrons. The van der Waals surface area contributed by atoms with Crippen LogP contribution in [-0.2, 0) is 4.79 Å². The first kappa shape index (κ1) is 10.8.